The Morgan fingerprint density at radius 2 is 1.85 bits per heavy atom. The first-order chi connectivity index (χ1) is 13.0. The number of fused-ring (bicyclic) bond motifs is 2. The zero-order chi connectivity index (χ0) is 19.1. The Morgan fingerprint density at radius 3 is 2.59 bits per heavy atom. The fourth-order valence-corrected chi connectivity index (χ4v) is 3.36. The minimum Gasteiger partial charge on any atom is -0.336 e. The van der Waals surface area contributed by atoms with Gasteiger partial charge in [-0.05, 0) is 30.2 Å². The molecule has 0 radical (unpaired) electrons. The van der Waals surface area contributed by atoms with E-state index in [0.717, 1.165) is 11.1 Å². The van der Waals surface area contributed by atoms with E-state index in [1.807, 2.05) is 49.4 Å². The van der Waals surface area contributed by atoms with Crippen LogP contribution in [0.2, 0.25) is 0 Å². The summed E-state index contributed by atoms with van der Waals surface area (Å²) >= 11 is 0. The van der Waals surface area contributed by atoms with Crippen LogP contribution in [0.5, 0.6) is 0 Å². The highest BCUT2D eigenvalue weighted by molar-refractivity contribution is 5.97. The van der Waals surface area contributed by atoms with Crippen LogP contribution in [0.1, 0.15) is 21.6 Å². The van der Waals surface area contributed by atoms with Crippen LogP contribution < -0.4 is 5.56 Å². The van der Waals surface area contributed by atoms with E-state index in [1.54, 1.807) is 35.8 Å². The van der Waals surface area contributed by atoms with Crippen LogP contribution >= 0.6 is 0 Å². The van der Waals surface area contributed by atoms with E-state index in [1.165, 1.54) is 4.40 Å². The fraction of sp³-hybridized carbons (Fsp3) is 0.190. The molecule has 136 valence electrons. The fourth-order valence-electron chi connectivity index (χ4n) is 3.36. The lowest BCUT2D eigenvalue weighted by Crippen LogP contribution is -2.27. The first-order valence-electron chi connectivity index (χ1n) is 8.74. The number of hydrogen-bond donors (Lipinski definition) is 0. The maximum Gasteiger partial charge on any atom is 0.270 e. The Hall–Kier alpha value is -3.41. The van der Waals surface area contributed by atoms with Crippen molar-refractivity contribution < 1.29 is 4.79 Å². The van der Waals surface area contributed by atoms with Crippen molar-refractivity contribution in [1.29, 1.82) is 0 Å². The molecule has 0 aliphatic heterocycles. The van der Waals surface area contributed by atoms with Gasteiger partial charge in [0.05, 0.1) is 5.39 Å². The molecule has 0 aliphatic rings. The Kier molecular flexibility index (Phi) is 4.03. The highest BCUT2D eigenvalue weighted by Crippen LogP contribution is 2.18. The molecule has 1 aromatic carbocycles. The molecule has 0 unspecified atom stereocenters. The number of carbonyl (C=O) groups excluding carboxylic acids is 1. The second-order valence-electron chi connectivity index (χ2n) is 6.77. The minimum absolute atomic E-state index is 0.149. The van der Waals surface area contributed by atoms with Gasteiger partial charge in [0, 0.05) is 26.8 Å². The Balaban J connectivity index is 1.80. The van der Waals surface area contributed by atoms with Gasteiger partial charge in [0.2, 0.25) is 0 Å². The van der Waals surface area contributed by atoms with Crippen molar-refractivity contribution in [2.75, 3.05) is 7.05 Å². The summed E-state index contributed by atoms with van der Waals surface area (Å²) < 4.78 is 3.23. The average molecular weight is 360 g/mol. The number of pyridine rings is 1. The van der Waals surface area contributed by atoms with Gasteiger partial charge in [-0.25, -0.2) is 4.98 Å². The van der Waals surface area contributed by atoms with E-state index in [0.29, 0.717) is 28.9 Å². The number of hydrogen-bond acceptors (Lipinski definition) is 3. The summed E-state index contributed by atoms with van der Waals surface area (Å²) in [7, 11) is 3.53. The molecule has 0 aliphatic carbocycles. The summed E-state index contributed by atoms with van der Waals surface area (Å²) in [6.45, 7) is 2.41. The standard InChI is InChI=1S/C21H20N4O2/c1-14-8-7-11-25-18(14)22-19-16(20(25)26)12-17(24(19)3)21(27)23(2)13-15-9-5-4-6-10-15/h4-12H,13H2,1-3H3. The second kappa shape index (κ2) is 6.39. The Labute approximate surface area is 156 Å². The number of amides is 1. The summed E-state index contributed by atoms with van der Waals surface area (Å²) in [6.07, 6.45) is 1.70. The smallest absolute Gasteiger partial charge is 0.270 e. The van der Waals surface area contributed by atoms with Crippen molar-refractivity contribution >= 4 is 22.6 Å². The molecule has 0 atom stereocenters. The van der Waals surface area contributed by atoms with Crippen LogP contribution in [-0.2, 0) is 13.6 Å². The Bertz CT molecular complexity index is 1220. The van der Waals surface area contributed by atoms with Gasteiger partial charge < -0.3 is 9.47 Å². The van der Waals surface area contributed by atoms with E-state index in [2.05, 4.69) is 4.98 Å². The van der Waals surface area contributed by atoms with Crippen LogP contribution in [0, 0.1) is 6.92 Å². The van der Waals surface area contributed by atoms with Gasteiger partial charge in [-0.1, -0.05) is 36.4 Å². The zero-order valence-electron chi connectivity index (χ0n) is 15.5. The number of nitrogens with zero attached hydrogens (tertiary/aromatic N) is 4. The van der Waals surface area contributed by atoms with Crippen LogP contribution in [0.25, 0.3) is 16.7 Å². The largest absolute Gasteiger partial charge is 0.336 e. The predicted octanol–water partition coefficient (Wildman–Crippen LogP) is 2.77. The van der Waals surface area contributed by atoms with Crippen LogP contribution in [0.4, 0.5) is 0 Å². The number of carbonyl (C=O) groups is 1. The molecule has 6 nitrogen and oxygen atoms in total. The molecule has 0 spiro atoms. The quantitative estimate of drug-likeness (QED) is 0.564. The minimum atomic E-state index is -0.168. The topological polar surface area (TPSA) is 59.6 Å². The van der Waals surface area contributed by atoms with Gasteiger partial charge in [0.15, 0.2) is 0 Å². The third-order valence-electron chi connectivity index (χ3n) is 4.85. The van der Waals surface area contributed by atoms with Gasteiger partial charge in [-0.15, -0.1) is 0 Å². The van der Waals surface area contributed by atoms with E-state index in [4.69, 9.17) is 0 Å². The molecule has 3 aromatic heterocycles. The maximum absolute atomic E-state index is 13.0. The predicted molar refractivity (Wildman–Crippen MR) is 105 cm³/mol. The van der Waals surface area contributed by atoms with Crippen molar-refractivity contribution in [3.63, 3.8) is 0 Å². The number of benzene rings is 1. The summed E-state index contributed by atoms with van der Waals surface area (Å²) in [6, 6.07) is 15.2. The van der Waals surface area contributed by atoms with Crippen molar-refractivity contribution in [2.24, 2.45) is 7.05 Å². The molecule has 4 aromatic rings. The van der Waals surface area contributed by atoms with Gasteiger partial charge in [-0.2, -0.15) is 0 Å². The van der Waals surface area contributed by atoms with E-state index in [-0.39, 0.29) is 11.5 Å². The van der Waals surface area contributed by atoms with Crippen LogP contribution in [0.3, 0.4) is 0 Å². The van der Waals surface area contributed by atoms with Crippen LogP contribution in [0.15, 0.2) is 59.5 Å². The molecule has 0 saturated heterocycles. The number of aromatic nitrogens is 3. The van der Waals surface area contributed by atoms with E-state index >= 15 is 0 Å². The molecular weight excluding hydrogens is 340 g/mol. The van der Waals surface area contributed by atoms with Gasteiger partial charge in [0.25, 0.3) is 11.5 Å². The van der Waals surface area contributed by atoms with Crippen LogP contribution in [-0.4, -0.2) is 31.8 Å². The Morgan fingerprint density at radius 1 is 1.11 bits per heavy atom. The normalized spacial score (nSPS) is 11.2. The molecule has 0 N–H and O–H groups in total. The molecule has 0 bridgehead atoms. The maximum atomic E-state index is 13.0. The van der Waals surface area contributed by atoms with E-state index in [9.17, 15) is 9.59 Å². The van der Waals surface area contributed by atoms with Crippen molar-refractivity contribution in [3.05, 3.63) is 81.9 Å². The summed E-state index contributed by atoms with van der Waals surface area (Å²) in [5.41, 5.74) is 3.36. The SMILES string of the molecule is Cc1cccn2c(=O)c3cc(C(=O)N(C)Cc4ccccc4)n(C)c3nc12. The molecule has 0 fully saturated rings. The van der Waals surface area contributed by atoms with Crippen molar-refractivity contribution in [1.82, 2.24) is 18.9 Å². The zero-order valence-corrected chi connectivity index (χ0v) is 15.5. The average Bonchev–Trinajstić information content (AvgIpc) is 3.00. The van der Waals surface area contributed by atoms with E-state index < -0.39 is 0 Å². The lowest BCUT2D eigenvalue weighted by molar-refractivity contribution is 0.0776. The van der Waals surface area contributed by atoms with Gasteiger partial charge in [-0.3, -0.25) is 14.0 Å². The lowest BCUT2D eigenvalue weighted by Gasteiger charge is -2.17. The second-order valence-corrected chi connectivity index (χ2v) is 6.77. The van der Waals surface area contributed by atoms with Gasteiger partial charge >= 0.3 is 0 Å². The summed E-state index contributed by atoms with van der Waals surface area (Å²) in [5, 5.41) is 0.442. The first kappa shape index (κ1) is 17.0. The number of rotatable bonds is 3. The molecule has 4 rings (SSSR count). The van der Waals surface area contributed by atoms with Gasteiger partial charge in [0.1, 0.15) is 17.0 Å². The molecule has 6 heteroatoms. The third kappa shape index (κ3) is 2.79. The molecule has 27 heavy (non-hydrogen) atoms. The summed E-state index contributed by atoms with van der Waals surface area (Å²) in [4.78, 5) is 32.1. The molecular formula is C21H20N4O2. The molecule has 1 amide bonds. The highest BCUT2D eigenvalue weighted by Gasteiger charge is 2.20. The number of aryl methyl sites for hydroxylation is 2. The first-order valence-corrected chi connectivity index (χ1v) is 8.74. The third-order valence-corrected chi connectivity index (χ3v) is 4.85. The molecule has 0 saturated carbocycles. The van der Waals surface area contributed by atoms with Crippen molar-refractivity contribution in [2.45, 2.75) is 13.5 Å². The van der Waals surface area contributed by atoms with Crippen molar-refractivity contribution in [3.8, 4) is 0 Å². The molecule has 3 heterocycles. The lowest BCUT2D eigenvalue weighted by atomic mass is 10.2. The highest BCUT2D eigenvalue weighted by atomic mass is 16.2. The summed E-state index contributed by atoms with van der Waals surface area (Å²) in [5.74, 6) is -0.149. The monoisotopic (exact) mass is 360 g/mol.